The van der Waals surface area contributed by atoms with Crippen LogP contribution in [0.4, 0.5) is 19.0 Å². The first-order valence-electron chi connectivity index (χ1n) is 11.6. The Bertz CT molecular complexity index is 1660. The summed E-state index contributed by atoms with van der Waals surface area (Å²) in [6, 6.07) is 4.45. The number of nitrogens with two attached hydrogens (primary N) is 1. The number of nitrogen functional groups attached to an aromatic ring is 1. The van der Waals surface area contributed by atoms with E-state index in [4.69, 9.17) is 10.5 Å². The minimum Gasteiger partial charge on any atom is -0.381 e. The first-order valence-corrected chi connectivity index (χ1v) is 15.4. The Morgan fingerprint density at radius 1 is 1.20 bits per heavy atom. The van der Waals surface area contributed by atoms with Gasteiger partial charge in [0.15, 0.2) is 21.3 Å². The number of imidazole rings is 1. The van der Waals surface area contributed by atoms with E-state index in [9.17, 15) is 34.8 Å². The largest absolute Gasteiger partial charge is 0.446 e. The van der Waals surface area contributed by atoms with E-state index in [1.807, 2.05) is 6.92 Å². The van der Waals surface area contributed by atoms with Gasteiger partial charge in [-0.05, 0) is 37.5 Å². The molecule has 1 aliphatic rings. The molecule has 0 saturated carbocycles. The van der Waals surface area contributed by atoms with Crippen molar-refractivity contribution in [2.24, 2.45) is 0 Å². The van der Waals surface area contributed by atoms with Crippen LogP contribution in [0.25, 0.3) is 16.9 Å². The summed E-state index contributed by atoms with van der Waals surface area (Å²) in [4.78, 5) is 30.3. The third kappa shape index (κ3) is 7.54. The van der Waals surface area contributed by atoms with Crippen LogP contribution >= 0.6 is 0 Å². The van der Waals surface area contributed by atoms with E-state index in [0.717, 1.165) is 18.1 Å². The molecule has 1 aromatic carbocycles. The molecule has 0 radical (unpaired) electrons. The molecule has 1 fully saturated rings. The molecule has 40 heavy (non-hydrogen) atoms. The van der Waals surface area contributed by atoms with Crippen molar-refractivity contribution >= 4 is 43.5 Å². The summed E-state index contributed by atoms with van der Waals surface area (Å²) in [5.74, 6) is -0.451. The molecule has 0 spiro atoms. The van der Waals surface area contributed by atoms with E-state index < -0.39 is 38.2 Å². The van der Waals surface area contributed by atoms with Crippen molar-refractivity contribution in [2.45, 2.75) is 36.9 Å². The Balaban J connectivity index is 0.000000663. The van der Waals surface area contributed by atoms with Gasteiger partial charge in [-0.1, -0.05) is 6.07 Å². The molecule has 1 aliphatic heterocycles. The summed E-state index contributed by atoms with van der Waals surface area (Å²) in [5.41, 5.74) is 8.45. The molecule has 3 heterocycles. The van der Waals surface area contributed by atoms with Gasteiger partial charge in [0.2, 0.25) is 16.3 Å². The van der Waals surface area contributed by atoms with Crippen molar-refractivity contribution in [2.75, 3.05) is 31.3 Å². The number of amides is 1. The van der Waals surface area contributed by atoms with E-state index in [0.29, 0.717) is 36.3 Å². The molecule has 1 unspecified atom stereocenters. The highest BCUT2D eigenvalue weighted by Crippen LogP contribution is 2.28. The van der Waals surface area contributed by atoms with Crippen LogP contribution in [0, 0.1) is 6.92 Å². The molecule has 4 rings (SSSR count). The average molecular weight is 605 g/mol. The first kappa shape index (κ1) is 31.0. The van der Waals surface area contributed by atoms with Gasteiger partial charge in [-0.15, -0.1) is 0 Å². The maximum atomic E-state index is 13.0. The molecule has 2 aromatic heterocycles. The predicted octanol–water partition coefficient (Wildman–Crippen LogP) is 1.59. The van der Waals surface area contributed by atoms with Crippen LogP contribution in [-0.4, -0.2) is 85.5 Å². The standard InChI is InChI=1S/C21H26N6O5S2.C2HF3O/c1-13-6-7-15(33(2,29)30)9-16(13)18-10-23-20-19(22)25-17(12-27(18)20)21(28)24-14-5-4-8-26(11-14)34(3,31)32;3-2(4,5)1-6/h6-7,9-10,12,14H,4-5,8,11H2,1-3H3,(H2,22,25)(H,24,28);1H. The summed E-state index contributed by atoms with van der Waals surface area (Å²) in [6.07, 6.45) is 0.900. The van der Waals surface area contributed by atoms with Crippen LogP contribution in [-0.2, 0) is 24.7 Å². The van der Waals surface area contributed by atoms with Gasteiger partial charge in [0.1, 0.15) is 5.69 Å². The number of hydrogen-bond acceptors (Lipinski definition) is 9. The highest BCUT2D eigenvalue weighted by atomic mass is 32.2. The number of aryl methyl sites for hydroxylation is 1. The molecule has 12 nitrogen and oxygen atoms in total. The van der Waals surface area contributed by atoms with Crippen molar-refractivity contribution in [3.05, 3.63) is 41.9 Å². The molecule has 3 N–H and O–H groups in total. The normalized spacial score (nSPS) is 16.7. The molecular formula is C23H27F3N6O6S2. The average Bonchev–Trinajstić information content (AvgIpc) is 3.27. The van der Waals surface area contributed by atoms with Gasteiger partial charge in [0.05, 0.1) is 23.0 Å². The number of rotatable bonds is 5. The van der Waals surface area contributed by atoms with Gasteiger partial charge in [0.25, 0.3) is 5.91 Å². The number of aldehydes is 1. The van der Waals surface area contributed by atoms with Crippen LogP contribution in [0.5, 0.6) is 0 Å². The number of sulfonamides is 1. The van der Waals surface area contributed by atoms with Gasteiger partial charge in [-0.3, -0.25) is 14.0 Å². The number of piperidine rings is 1. The van der Waals surface area contributed by atoms with Gasteiger partial charge in [-0.25, -0.2) is 31.1 Å². The van der Waals surface area contributed by atoms with Crippen LogP contribution in [0.1, 0.15) is 28.9 Å². The Kier molecular flexibility index (Phi) is 8.90. The number of fused-ring (bicyclic) bond motifs is 1. The molecule has 1 amide bonds. The second-order valence-corrected chi connectivity index (χ2v) is 13.2. The fraction of sp³-hybridized carbons (Fsp3) is 0.391. The van der Waals surface area contributed by atoms with Crippen molar-refractivity contribution < 1.29 is 39.6 Å². The quantitative estimate of drug-likeness (QED) is 0.410. The number of alkyl halides is 3. The number of nitrogens with one attached hydrogen (secondary N) is 1. The summed E-state index contributed by atoms with van der Waals surface area (Å²) >= 11 is 0. The zero-order valence-electron chi connectivity index (χ0n) is 21.6. The number of sulfone groups is 1. The third-order valence-electron chi connectivity index (χ3n) is 5.99. The molecular weight excluding hydrogens is 577 g/mol. The van der Waals surface area contributed by atoms with Gasteiger partial charge < -0.3 is 11.1 Å². The van der Waals surface area contributed by atoms with E-state index in [2.05, 4.69) is 15.3 Å². The maximum Gasteiger partial charge on any atom is 0.446 e. The lowest BCUT2D eigenvalue weighted by atomic mass is 10.1. The smallest absolute Gasteiger partial charge is 0.381 e. The number of halogens is 3. The Morgan fingerprint density at radius 2 is 1.85 bits per heavy atom. The summed E-state index contributed by atoms with van der Waals surface area (Å²) < 4.78 is 82.1. The van der Waals surface area contributed by atoms with E-state index in [1.165, 1.54) is 16.6 Å². The molecule has 218 valence electrons. The Hall–Kier alpha value is -3.57. The summed E-state index contributed by atoms with van der Waals surface area (Å²) in [5, 5.41) is 2.84. The number of carbonyl (C=O) groups excluding carboxylic acids is 2. The van der Waals surface area contributed by atoms with Gasteiger partial charge >= 0.3 is 6.18 Å². The Labute approximate surface area is 228 Å². The summed E-state index contributed by atoms with van der Waals surface area (Å²) in [6.45, 7) is 2.46. The zero-order chi connectivity index (χ0) is 30.0. The topological polar surface area (TPSA) is 174 Å². The van der Waals surface area contributed by atoms with Gasteiger partial charge in [-0.2, -0.15) is 13.2 Å². The van der Waals surface area contributed by atoms with Crippen molar-refractivity contribution in [1.29, 1.82) is 0 Å². The van der Waals surface area contributed by atoms with E-state index in [-0.39, 0.29) is 29.0 Å². The molecule has 1 saturated heterocycles. The van der Waals surface area contributed by atoms with Crippen molar-refractivity contribution in [1.82, 2.24) is 24.0 Å². The highest BCUT2D eigenvalue weighted by Gasteiger charge is 2.28. The fourth-order valence-electron chi connectivity index (χ4n) is 4.05. The lowest BCUT2D eigenvalue weighted by molar-refractivity contribution is -0.156. The minimum absolute atomic E-state index is 0.0391. The molecule has 17 heteroatoms. The zero-order valence-corrected chi connectivity index (χ0v) is 23.3. The molecule has 0 aliphatic carbocycles. The predicted molar refractivity (Wildman–Crippen MR) is 140 cm³/mol. The molecule has 1 atom stereocenters. The molecule has 0 bridgehead atoms. The SMILES string of the molecule is Cc1ccc(S(C)(=O)=O)cc1-c1cnc2c(N)nc(C(=O)NC3CCCN(S(C)(=O)=O)C3)cn12.O=CC(F)(F)F. The molecule has 3 aromatic rings. The van der Waals surface area contributed by atoms with E-state index >= 15 is 0 Å². The fourth-order valence-corrected chi connectivity index (χ4v) is 5.61. The third-order valence-corrected chi connectivity index (χ3v) is 8.37. The van der Waals surface area contributed by atoms with Crippen LogP contribution in [0.15, 0.2) is 35.5 Å². The number of carbonyl (C=O) groups is 2. The number of aromatic nitrogens is 3. The van der Waals surface area contributed by atoms with Gasteiger partial charge in [0, 0.05) is 37.1 Å². The first-order chi connectivity index (χ1) is 18.4. The van der Waals surface area contributed by atoms with Crippen molar-refractivity contribution in [3.63, 3.8) is 0 Å². The monoisotopic (exact) mass is 604 g/mol. The van der Waals surface area contributed by atoms with Crippen molar-refractivity contribution in [3.8, 4) is 11.3 Å². The van der Waals surface area contributed by atoms with E-state index in [1.54, 1.807) is 22.7 Å². The minimum atomic E-state index is -4.64. The number of nitrogens with zero attached hydrogens (tertiary/aromatic N) is 4. The van der Waals surface area contributed by atoms with Crippen LogP contribution in [0.3, 0.4) is 0 Å². The lowest BCUT2D eigenvalue weighted by Crippen LogP contribution is -2.49. The lowest BCUT2D eigenvalue weighted by Gasteiger charge is -2.31. The Morgan fingerprint density at radius 3 is 2.42 bits per heavy atom. The summed E-state index contributed by atoms with van der Waals surface area (Å²) in [7, 11) is -6.78. The highest BCUT2D eigenvalue weighted by molar-refractivity contribution is 7.90. The maximum absolute atomic E-state index is 13.0. The second kappa shape index (κ2) is 11.5. The number of benzene rings is 1. The number of hydrogen-bond donors (Lipinski definition) is 2. The number of anilines is 1. The van der Waals surface area contributed by atoms with Crippen LogP contribution in [0.2, 0.25) is 0 Å². The van der Waals surface area contributed by atoms with Crippen LogP contribution < -0.4 is 11.1 Å². The second-order valence-electron chi connectivity index (χ2n) is 9.19.